The van der Waals surface area contributed by atoms with E-state index in [9.17, 15) is 13.6 Å². The summed E-state index contributed by atoms with van der Waals surface area (Å²) in [5, 5.41) is 8.69. The van der Waals surface area contributed by atoms with Crippen LogP contribution in [0.3, 0.4) is 0 Å². The maximum absolute atomic E-state index is 12.6. The van der Waals surface area contributed by atoms with Crippen LogP contribution < -0.4 is 0 Å². The molecule has 0 bridgehead atoms. The molecule has 0 saturated carbocycles. The van der Waals surface area contributed by atoms with Crippen LogP contribution >= 0.6 is 11.6 Å². The third kappa shape index (κ3) is 2.10. The van der Waals surface area contributed by atoms with E-state index in [0.717, 1.165) is 6.20 Å². The molecule has 1 rings (SSSR count). The topological polar surface area (TPSA) is 53.8 Å². The number of hydrogen-bond acceptors (Lipinski definition) is 3. The van der Waals surface area contributed by atoms with Crippen LogP contribution in [0.2, 0.25) is 0 Å². The van der Waals surface area contributed by atoms with Crippen molar-refractivity contribution in [3.8, 4) is 6.07 Å². The molecule has 15 heavy (non-hydrogen) atoms. The second-order valence-corrected chi connectivity index (χ2v) is 2.88. The Kier molecular flexibility index (Phi) is 3.69. The summed E-state index contributed by atoms with van der Waals surface area (Å²) >= 11 is 5.41. The van der Waals surface area contributed by atoms with Gasteiger partial charge in [0.2, 0.25) is 0 Å². The average molecular weight is 231 g/mol. The number of halogens is 3. The van der Waals surface area contributed by atoms with E-state index in [-0.39, 0.29) is 22.7 Å². The van der Waals surface area contributed by atoms with Crippen molar-refractivity contribution >= 4 is 17.9 Å². The average Bonchev–Trinajstić information content (AvgIpc) is 2.26. The Balaban J connectivity index is 3.53. The number of aldehydes is 1. The number of rotatable bonds is 3. The summed E-state index contributed by atoms with van der Waals surface area (Å²) in [6, 6.07) is 1.56. The van der Waals surface area contributed by atoms with E-state index in [1.807, 2.05) is 0 Å². The third-order valence-electron chi connectivity index (χ3n) is 1.81. The first-order valence-electron chi connectivity index (χ1n) is 3.86. The Morgan fingerprint density at radius 1 is 1.67 bits per heavy atom. The summed E-state index contributed by atoms with van der Waals surface area (Å²) in [5.74, 6) is -0.229. The van der Waals surface area contributed by atoms with Gasteiger partial charge in [-0.05, 0) is 0 Å². The first-order chi connectivity index (χ1) is 7.15. The summed E-state index contributed by atoms with van der Waals surface area (Å²) < 4.78 is 25.2. The largest absolute Gasteiger partial charge is 0.298 e. The summed E-state index contributed by atoms with van der Waals surface area (Å²) in [7, 11) is 0. The number of pyridine rings is 1. The number of hydrogen-bond donors (Lipinski definition) is 0. The van der Waals surface area contributed by atoms with Gasteiger partial charge in [0.25, 0.3) is 6.43 Å². The molecule has 1 heterocycles. The van der Waals surface area contributed by atoms with Crippen LogP contribution in [0.5, 0.6) is 0 Å². The second kappa shape index (κ2) is 4.80. The van der Waals surface area contributed by atoms with Crippen LogP contribution in [0.15, 0.2) is 6.20 Å². The summed E-state index contributed by atoms with van der Waals surface area (Å²) in [4.78, 5) is 14.1. The predicted molar refractivity (Wildman–Crippen MR) is 48.9 cm³/mol. The molecule has 0 aromatic carbocycles. The van der Waals surface area contributed by atoms with Gasteiger partial charge in [0.05, 0.1) is 28.3 Å². The molecule has 0 saturated heterocycles. The first-order valence-corrected chi connectivity index (χ1v) is 4.40. The highest BCUT2D eigenvalue weighted by Gasteiger charge is 2.21. The van der Waals surface area contributed by atoms with Crippen molar-refractivity contribution in [1.29, 1.82) is 5.26 Å². The van der Waals surface area contributed by atoms with Crippen molar-refractivity contribution < 1.29 is 13.6 Å². The maximum Gasteiger partial charge on any atom is 0.266 e. The van der Waals surface area contributed by atoms with Crippen molar-refractivity contribution in [2.24, 2.45) is 0 Å². The van der Waals surface area contributed by atoms with Crippen LogP contribution in [0.4, 0.5) is 8.78 Å². The van der Waals surface area contributed by atoms with E-state index in [1.54, 1.807) is 6.07 Å². The van der Waals surface area contributed by atoms with E-state index in [2.05, 4.69) is 4.98 Å². The molecule has 1 aromatic heterocycles. The van der Waals surface area contributed by atoms with Gasteiger partial charge in [0.15, 0.2) is 6.29 Å². The minimum atomic E-state index is -2.87. The van der Waals surface area contributed by atoms with E-state index in [0.29, 0.717) is 6.29 Å². The minimum absolute atomic E-state index is 0.0752. The van der Waals surface area contributed by atoms with E-state index >= 15 is 0 Å². The van der Waals surface area contributed by atoms with Gasteiger partial charge in [-0.3, -0.25) is 9.78 Å². The molecule has 3 nitrogen and oxygen atoms in total. The van der Waals surface area contributed by atoms with Crippen LogP contribution in [-0.4, -0.2) is 11.3 Å². The van der Waals surface area contributed by atoms with Crippen LogP contribution in [0.25, 0.3) is 0 Å². The molecule has 1 aromatic rings. The molecule has 0 N–H and O–H groups in total. The molecule has 0 fully saturated rings. The molecule has 78 valence electrons. The highest BCUT2D eigenvalue weighted by Crippen LogP contribution is 2.27. The number of carbonyl (C=O) groups excluding carboxylic acids is 1. The number of aromatic nitrogens is 1. The Morgan fingerprint density at radius 2 is 2.33 bits per heavy atom. The predicted octanol–water partition coefficient (Wildman–Crippen LogP) is 2.44. The van der Waals surface area contributed by atoms with Gasteiger partial charge in [-0.2, -0.15) is 5.26 Å². The number of nitriles is 1. The van der Waals surface area contributed by atoms with Crippen molar-refractivity contribution in [3.05, 3.63) is 28.6 Å². The normalized spacial score (nSPS) is 10.1. The zero-order chi connectivity index (χ0) is 11.4. The fraction of sp³-hybridized carbons (Fsp3) is 0.222. The number of alkyl halides is 3. The smallest absolute Gasteiger partial charge is 0.266 e. The molecule has 0 unspecified atom stereocenters. The fourth-order valence-electron chi connectivity index (χ4n) is 1.14. The monoisotopic (exact) mass is 230 g/mol. The number of carbonyl (C=O) groups is 1. The molecule has 0 aliphatic rings. The molecule has 0 aliphatic carbocycles. The summed E-state index contributed by atoms with van der Waals surface area (Å²) in [6.45, 7) is 0. The van der Waals surface area contributed by atoms with Crippen molar-refractivity contribution in [1.82, 2.24) is 4.98 Å². The Morgan fingerprint density at radius 3 is 2.73 bits per heavy atom. The van der Waals surface area contributed by atoms with Gasteiger partial charge in [0, 0.05) is 6.20 Å². The van der Waals surface area contributed by atoms with Crippen molar-refractivity contribution in [3.63, 3.8) is 0 Å². The Labute approximate surface area is 89.3 Å². The molecule has 0 aliphatic heterocycles. The minimum Gasteiger partial charge on any atom is -0.298 e. The molecular formula is C9H5ClF2N2O. The quantitative estimate of drug-likeness (QED) is 0.592. The van der Waals surface area contributed by atoms with Gasteiger partial charge in [-0.1, -0.05) is 0 Å². The molecule has 6 heteroatoms. The van der Waals surface area contributed by atoms with Gasteiger partial charge in [-0.25, -0.2) is 8.78 Å². The molecule has 0 radical (unpaired) electrons. The van der Waals surface area contributed by atoms with Crippen molar-refractivity contribution in [2.45, 2.75) is 12.3 Å². The second-order valence-electron chi connectivity index (χ2n) is 2.61. The SMILES string of the molecule is N#Cc1c(C=O)cnc(CCl)c1C(F)F. The third-order valence-corrected chi connectivity index (χ3v) is 2.07. The van der Waals surface area contributed by atoms with E-state index in [4.69, 9.17) is 16.9 Å². The fourth-order valence-corrected chi connectivity index (χ4v) is 1.35. The van der Waals surface area contributed by atoms with Crippen molar-refractivity contribution in [2.75, 3.05) is 0 Å². The van der Waals surface area contributed by atoms with Crippen LogP contribution in [-0.2, 0) is 5.88 Å². The van der Waals surface area contributed by atoms with Gasteiger partial charge in [0.1, 0.15) is 6.07 Å². The van der Waals surface area contributed by atoms with Crippen LogP contribution in [0, 0.1) is 11.3 Å². The molecular weight excluding hydrogens is 226 g/mol. The van der Waals surface area contributed by atoms with Gasteiger partial charge >= 0.3 is 0 Å². The highest BCUT2D eigenvalue weighted by atomic mass is 35.5. The molecule has 0 atom stereocenters. The lowest BCUT2D eigenvalue weighted by molar-refractivity contribution is 0.112. The highest BCUT2D eigenvalue weighted by molar-refractivity contribution is 6.17. The van der Waals surface area contributed by atoms with E-state index < -0.39 is 12.0 Å². The van der Waals surface area contributed by atoms with Crippen LogP contribution in [0.1, 0.15) is 33.6 Å². The Hall–Kier alpha value is -1.54. The molecule has 0 amide bonds. The number of nitrogens with zero attached hydrogens (tertiary/aromatic N) is 2. The van der Waals surface area contributed by atoms with Gasteiger partial charge < -0.3 is 0 Å². The molecule has 0 spiro atoms. The zero-order valence-corrected chi connectivity index (χ0v) is 8.13. The standard InChI is InChI=1S/C9H5ClF2N2O/c10-1-7-8(9(11)12)6(2-13)5(4-15)3-14-7/h3-4,9H,1H2. The lowest BCUT2D eigenvalue weighted by Crippen LogP contribution is -2.04. The van der Waals surface area contributed by atoms with E-state index in [1.165, 1.54) is 0 Å². The first kappa shape index (κ1) is 11.5. The van der Waals surface area contributed by atoms with Gasteiger partial charge in [-0.15, -0.1) is 11.6 Å². The lowest BCUT2D eigenvalue weighted by atomic mass is 10.0. The summed E-state index contributed by atoms with van der Waals surface area (Å²) in [5.41, 5.74) is -1.14. The lowest BCUT2D eigenvalue weighted by Gasteiger charge is -2.08. The maximum atomic E-state index is 12.6. The Bertz CT molecular complexity index is 429. The zero-order valence-electron chi connectivity index (χ0n) is 7.38. The summed E-state index contributed by atoms with van der Waals surface area (Å²) in [6.07, 6.45) is -1.49.